The summed E-state index contributed by atoms with van der Waals surface area (Å²) in [6, 6.07) is 19.4. The van der Waals surface area contributed by atoms with Crippen LogP contribution in [0.4, 0.5) is 0 Å². The van der Waals surface area contributed by atoms with Crippen molar-refractivity contribution in [3.63, 3.8) is 0 Å². The second-order valence-electron chi connectivity index (χ2n) is 6.74. The lowest BCUT2D eigenvalue weighted by Gasteiger charge is -2.34. The molecule has 2 aromatic carbocycles. The fourth-order valence-corrected chi connectivity index (χ4v) is 3.40. The molecule has 0 aliphatic carbocycles. The number of hydrogen-bond acceptors (Lipinski definition) is 3. The minimum Gasteiger partial charge on any atom is -0.489 e. The van der Waals surface area contributed by atoms with E-state index in [1.54, 1.807) is 0 Å². The molecule has 4 heteroatoms. The summed E-state index contributed by atoms with van der Waals surface area (Å²) in [6.45, 7) is 4.74. The summed E-state index contributed by atoms with van der Waals surface area (Å²) in [5, 5.41) is 7.12. The van der Waals surface area contributed by atoms with Crippen LogP contribution >= 0.6 is 0 Å². The first kappa shape index (κ1) is 15.9. The van der Waals surface area contributed by atoms with Gasteiger partial charge in [0.25, 0.3) is 0 Å². The SMILES string of the molecule is CC1Cc2ccc(OCc3ccccc3)cc2CN1Cc1ccn[nH]1. The first-order valence-electron chi connectivity index (χ1n) is 8.79. The largest absolute Gasteiger partial charge is 0.489 e. The second-order valence-corrected chi connectivity index (χ2v) is 6.74. The standard InChI is InChI=1S/C21H23N3O/c1-16-11-18-7-8-21(25-15-17-5-3-2-4-6-17)12-19(18)13-24(16)14-20-9-10-22-23-20/h2-10,12,16H,11,13-15H2,1H3,(H,22,23). The van der Waals surface area contributed by atoms with Crippen LogP contribution in [0.2, 0.25) is 0 Å². The van der Waals surface area contributed by atoms with Crippen LogP contribution in [-0.4, -0.2) is 21.1 Å². The molecule has 1 aliphatic heterocycles. The van der Waals surface area contributed by atoms with Gasteiger partial charge < -0.3 is 4.74 Å². The first-order chi connectivity index (χ1) is 12.3. The van der Waals surface area contributed by atoms with Crippen molar-refractivity contribution in [3.8, 4) is 5.75 Å². The summed E-state index contributed by atoms with van der Waals surface area (Å²) >= 11 is 0. The zero-order valence-corrected chi connectivity index (χ0v) is 14.5. The van der Waals surface area contributed by atoms with Crippen LogP contribution in [0.1, 0.15) is 29.3 Å². The van der Waals surface area contributed by atoms with Crippen molar-refractivity contribution in [2.24, 2.45) is 0 Å². The number of nitrogens with zero attached hydrogens (tertiary/aromatic N) is 2. The van der Waals surface area contributed by atoms with Gasteiger partial charge in [-0.2, -0.15) is 5.10 Å². The van der Waals surface area contributed by atoms with Crippen LogP contribution in [0.15, 0.2) is 60.8 Å². The molecule has 0 fully saturated rings. The van der Waals surface area contributed by atoms with Gasteiger partial charge in [-0.1, -0.05) is 36.4 Å². The fraction of sp³-hybridized carbons (Fsp3) is 0.286. The number of fused-ring (bicyclic) bond motifs is 1. The monoisotopic (exact) mass is 333 g/mol. The molecule has 128 valence electrons. The van der Waals surface area contributed by atoms with E-state index in [1.165, 1.54) is 16.7 Å². The van der Waals surface area contributed by atoms with Crippen molar-refractivity contribution in [3.05, 3.63) is 83.2 Å². The van der Waals surface area contributed by atoms with Crippen molar-refractivity contribution in [1.82, 2.24) is 15.1 Å². The van der Waals surface area contributed by atoms with Crippen molar-refractivity contribution < 1.29 is 4.74 Å². The van der Waals surface area contributed by atoms with Gasteiger partial charge in [-0.05, 0) is 48.2 Å². The predicted octanol–water partition coefficient (Wildman–Crippen LogP) is 3.94. The third-order valence-corrected chi connectivity index (χ3v) is 4.87. The Morgan fingerprint density at radius 2 is 2.00 bits per heavy atom. The number of aromatic nitrogens is 2. The molecular weight excluding hydrogens is 310 g/mol. The summed E-state index contributed by atoms with van der Waals surface area (Å²) in [5.74, 6) is 0.943. The third kappa shape index (κ3) is 3.74. The third-order valence-electron chi connectivity index (χ3n) is 4.87. The molecule has 3 aromatic rings. The normalized spacial score (nSPS) is 17.2. The lowest BCUT2D eigenvalue weighted by Crippen LogP contribution is -2.37. The Morgan fingerprint density at radius 3 is 2.80 bits per heavy atom. The quantitative estimate of drug-likeness (QED) is 0.769. The summed E-state index contributed by atoms with van der Waals surface area (Å²) in [7, 11) is 0. The van der Waals surface area contributed by atoms with Gasteiger partial charge in [-0.3, -0.25) is 10.00 Å². The molecule has 0 spiro atoms. The second kappa shape index (κ2) is 7.11. The number of benzene rings is 2. The molecule has 1 aliphatic rings. The van der Waals surface area contributed by atoms with E-state index in [9.17, 15) is 0 Å². The molecule has 1 unspecified atom stereocenters. The minimum absolute atomic E-state index is 0.520. The Hall–Kier alpha value is -2.59. The Kier molecular flexibility index (Phi) is 4.53. The highest BCUT2D eigenvalue weighted by molar-refractivity contribution is 5.38. The molecule has 2 heterocycles. The summed E-state index contributed by atoms with van der Waals surface area (Å²) in [4.78, 5) is 2.48. The van der Waals surface area contributed by atoms with Gasteiger partial charge in [0.05, 0.1) is 0 Å². The van der Waals surface area contributed by atoms with Crippen LogP contribution in [0.3, 0.4) is 0 Å². The first-order valence-corrected chi connectivity index (χ1v) is 8.79. The molecule has 4 rings (SSSR count). The molecule has 0 amide bonds. The topological polar surface area (TPSA) is 41.1 Å². The van der Waals surface area contributed by atoms with Gasteiger partial charge in [-0.15, -0.1) is 0 Å². The Balaban J connectivity index is 1.46. The summed E-state index contributed by atoms with van der Waals surface area (Å²) in [6.07, 6.45) is 2.88. The molecule has 1 aromatic heterocycles. The molecule has 0 radical (unpaired) electrons. The van der Waals surface area contributed by atoms with E-state index in [0.717, 1.165) is 31.0 Å². The van der Waals surface area contributed by atoms with E-state index < -0.39 is 0 Å². The zero-order chi connectivity index (χ0) is 17.1. The molecule has 1 atom stereocenters. The minimum atomic E-state index is 0.520. The van der Waals surface area contributed by atoms with Crippen molar-refractivity contribution >= 4 is 0 Å². The Morgan fingerprint density at radius 1 is 1.12 bits per heavy atom. The van der Waals surface area contributed by atoms with Crippen LogP contribution in [0, 0.1) is 0 Å². The Labute approximate surface area is 148 Å². The number of ether oxygens (including phenoxy) is 1. The number of aromatic amines is 1. The molecular formula is C21H23N3O. The number of hydrogen-bond donors (Lipinski definition) is 1. The van der Waals surface area contributed by atoms with E-state index in [4.69, 9.17) is 4.74 Å². The van der Waals surface area contributed by atoms with Crippen molar-refractivity contribution in [2.45, 2.75) is 39.1 Å². The zero-order valence-electron chi connectivity index (χ0n) is 14.5. The smallest absolute Gasteiger partial charge is 0.120 e. The van der Waals surface area contributed by atoms with Crippen LogP contribution in [-0.2, 0) is 26.1 Å². The van der Waals surface area contributed by atoms with Crippen molar-refractivity contribution in [2.75, 3.05) is 0 Å². The van der Waals surface area contributed by atoms with Crippen LogP contribution in [0.5, 0.6) is 5.75 Å². The van der Waals surface area contributed by atoms with Gasteiger partial charge in [0.1, 0.15) is 12.4 Å². The van der Waals surface area contributed by atoms with Gasteiger partial charge in [0.2, 0.25) is 0 Å². The average molecular weight is 333 g/mol. The highest BCUT2D eigenvalue weighted by Gasteiger charge is 2.23. The molecule has 4 nitrogen and oxygen atoms in total. The molecule has 0 bridgehead atoms. The van der Waals surface area contributed by atoms with Crippen molar-refractivity contribution in [1.29, 1.82) is 0 Å². The van der Waals surface area contributed by atoms with Crippen LogP contribution in [0.25, 0.3) is 0 Å². The highest BCUT2D eigenvalue weighted by atomic mass is 16.5. The molecule has 25 heavy (non-hydrogen) atoms. The van der Waals surface area contributed by atoms with Gasteiger partial charge >= 0.3 is 0 Å². The number of nitrogens with one attached hydrogen (secondary N) is 1. The maximum atomic E-state index is 5.99. The maximum Gasteiger partial charge on any atom is 0.120 e. The molecule has 0 saturated carbocycles. The summed E-state index contributed by atoms with van der Waals surface area (Å²) < 4.78 is 5.99. The molecule has 1 N–H and O–H groups in total. The fourth-order valence-electron chi connectivity index (χ4n) is 3.40. The highest BCUT2D eigenvalue weighted by Crippen LogP contribution is 2.28. The Bertz CT molecular complexity index is 814. The lowest BCUT2D eigenvalue weighted by molar-refractivity contribution is 0.172. The van der Waals surface area contributed by atoms with Gasteiger partial charge in [0.15, 0.2) is 0 Å². The predicted molar refractivity (Wildman–Crippen MR) is 98.2 cm³/mol. The number of rotatable bonds is 5. The van der Waals surface area contributed by atoms with Gasteiger partial charge in [0, 0.05) is 31.0 Å². The van der Waals surface area contributed by atoms with E-state index in [1.807, 2.05) is 30.5 Å². The summed E-state index contributed by atoms with van der Waals surface area (Å²) in [5.41, 5.74) is 5.14. The van der Waals surface area contributed by atoms with E-state index in [2.05, 4.69) is 52.4 Å². The van der Waals surface area contributed by atoms with Gasteiger partial charge in [-0.25, -0.2) is 0 Å². The van der Waals surface area contributed by atoms with E-state index in [-0.39, 0.29) is 0 Å². The molecule has 0 saturated heterocycles. The van der Waals surface area contributed by atoms with E-state index >= 15 is 0 Å². The number of H-pyrrole nitrogens is 1. The lowest BCUT2D eigenvalue weighted by atomic mass is 9.94. The van der Waals surface area contributed by atoms with Crippen LogP contribution < -0.4 is 4.74 Å². The van der Waals surface area contributed by atoms with E-state index in [0.29, 0.717) is 12.6 Å². The maximum absolute atomic E-state index is 5.99. The average Bonchev–Trinajstić information content (AvgIpc) is 3.15.